The molecule has 4 rings (SSSR count). The molecule has 0 spiro atoms. The summed E-state index contributed by atoms with van der Waals surface area (Å²) in [6, 6.07) is 6.55. The highest BCUT2D eigenvalue weighted by molar-refractivity contribution is 5.90. The molecule has 1 aliphatic heterocycles. The third-order valence-corrected chi connectivity index (χ3v) is 5.76. The van der Waals surface area contributed by atoms with Crippen LogP contribution in [0, 0.1) is 24.2 Å². The van der Waals surface area contributed by atoms with Gasteiger partial charge < -0.3 is 9.88 Å². The molecular formula is C23H29N3O. The number of rotatable bonds is 6. The van der Waals surface area contributed by atoms with E-state index < -0.39 is 0 Å². The molecule has 4 heteroatoms. The molecule has 1 saturated carbocycles. The van der Waals surface area contributed by atoms with E-state index in [2.05, 4.69) is 59.4 Å². The van der Waals surface area contributed by atoms with Gasteiger partial charge in [-0.25, -0.2) is 0 Å². The average molecular weight is 364 g/mol. The molecule has 2 atom stereocenters. The molecule has 0 bridgehead atoms. The second-order valence-electron chi connectivity index (χ2n) is 8.52. The standard InChI is InChI=1S/C23H29N3O/c1-4-10-24-23(27)20-12-17-14-26(13-16-8-9-16)21-7-5-6-18(22(17)21)19(25-20)11-15(2)3/h1,5-7,14-16,19-20,25H,8-13H2,2-3H3,(H,24,27). The Bertz CT molecular complexity index is 885. The lowest BCUT2D eigenvalue weighted by Gasteiger charge is -2.25. The minimum absolute atomic E-state index is 0.00222. The van der Waals surface area contributed by atoms with Gasteiger partial charge in [0.1, 0.15) is 0 Å². The van der Waals surface area contributed by atoms with Crippen LogP contribution in [0.25, 0.3) is 10.9 Å². The van der Waals surface area contributed by atoms with Crippen LogP contribution in [0.1, 0.15) is 50.3 Å². The van der Waals surface area contributed by atoms with Crippen molar-refractivity contribution in [3.8, 4) is 12.3 Å². The molecule has 27 heavy (non-hydrogen) atoms. The summed E-state index contributed by atoms with van der Waals surface area (Å²) >= 11 is 0. The van der Waals surface area contributed by atoms with E-state index in [0.29, 0.717) is 12.3 Å². The van der Waals surface area contributed by atoms with Gasteiger partial charge in [0, 0.05) is 29.7 Å². The number of nitrogens with zero attached hydrogens (tertiary/aromatic N) is 1. The van der Waals surface area contributed by atoms with Gasteiger partial charge in [-0.15, -0.1) is 6.42 Å². The molecule has 1 aromatic heterocycles. The number of aromatic nitrogens is 1. The highest BCUT2D eigenvalue weighted by atomic mass is 16.2. The Labute approximate surface area is 161 Å². The Hall–Kier alpha value is -2.25. The molecule has 4 nitrogen and oxygen atoms in total. The molecule has 0 radical (unpaired) electrons. The van der Waals surface area contributed by atoms with Crippen LogP contribution in [-0.2, 0) is 17.8 Å². The van der Waals surface area contributed by atoms with Gasteiger partial charge in [0.05, 0.1) is 12.6 Å². The summed E-state index contributed by atoms with van der Waals surface area (Å²) in [6.07, 6.45) is 12.0. The lowest BCUT2D eigenvalue weighted by atomic mass is 9.94. The van der Waals surface area contributed by atoms with Crippen LogP contribution in [-0.4, -0.2) is 23.1 Å². The van der Waals surface area contributed by atoms with Crippen molar-refractivity contribution in [1.29, 1.82) is 0 Å². The number of terminal acetylenes is 1. The maximum absolute atomic E-state index is 12.7. The second-order valence-corrected chi connectivity index (χ2v) is 8.52. The summed E-state index contributed by atoms with van der Waals surface area (Å²) in [5.41, 5.74) is 3.92. The van der Waals surface area contributed by atoms with Crippen molar-refractivity contribution in [2.24, 2.45) is 11.8 Å². The predicted octanol–water partition coefficient (Wildman–Crippen LogP) is 3.40. The Balaban J connectivity index is 1.75. The fourth-order valence-electron chi connectivity index (χ4n) is 4.35. The molecule has 2 N–H and O–H groups in total. The summed E-state index contributed by atoms with van der Waals surface area (Å²) in [7, 11) is 0. The van der Waals surface area contributed by atoms with E-state index in [1.54, 1.807) is 0 Å². The van der Waals surface area contributed by atoms with Crippen LogP contribution >= 0.6 is 0 Å². The Morgan fingerprint density at radius 1 is 1.41 bits per heavy atom. The highest BCUT2D eigenvalue weighted by Crippen LogP contribution is 2.38. The first-order valence-electron chi connectivity index (χ1n) is 10.1. The molecular weight excluding hydrogens is 334 g/mol. The van der Waals surface area contributed by atoms with E-state index in [0.717, 1.165) is 18.9 Å². The fourth-order valence-corrected chi connectivity index (χ4v) is 4.35. The van der Waals surface area contributed by atoms with Gasteiger partial charge in [-0.05, 0) is 54.7 Å². The molecule has 1 aliphatic carbocycles. The van der Waals surface area contributed by atoms with Crippen LogP contribution in [0.15, 0.2) is 24.4 Å². The monoisotopic (exact) mass is 363 g/mol. The minimum Gasteiger partial charge on any atom is -0.347 e. The zero-order valence-corrected chi connectivity index (χ0v) is 16.3. The predicted molar refractivity (Wildman–Crippen MR) is 109 cm³/mol. The van der Waals surface area contributed by atoms with Gasteiger partial charge in [-0.2, -0.15) is 0 Å². The Morgan fingerprint density at radius 3 is 2.93 bits per heavy atom. The lowest BCUT2D eigenvalue weighted by molar-refractivity contribution is -0.123. The Kier molecular flexibility index (Phi) is 4.97. The number of benzene rings is 1. The second kappa shape index (κ2) is 7.40. The van der Waals surface area contributed by atoms with Crippen LogP contribution in [0.5, 0.6) is 0 Å². The molecule has 1 fully saturated rings. The zero-order valence-electron chi connectivity index (χ0n) is 16.3. The van der Waals surface area contributed by atoms with Gasteiger partial charge in [0.15, 0.2) is 0 Å². The van der Waals surface area contributed by atoms with Crippen LogP contribution < -0.4 is 10.6 Å². The maximum atomic E-state index is 12.7. The quantitative estimate of drug-likeness (QED) is 0.773. The molecule has 0 saturated heterocycles. The van der Waals surface area contributed by atoms with Crippen LogP contribution in [0.4, 0.5) is 0 Å². The first-order chi connectivity index (χ1) is 13.1. The maximum Gasteiger partial charge on any atom is 0.238 e. The normalized spacial score (nSPS) is 21.9. The summed E-state index contributed by atoms with van der Waals surface area (Å²) in [4.78, 5) is 12.7. The van der Waals surface area contributed by atoms with E-state index in [9.17, 15) is 4.79 Å². The van der Waals surface area contributed by atoms with Crippen molar-refractivity contribution in [3.05, 3.63) is 35.5 Å². The van der Waals surface area contributed by atoms with Gasteiger partial charge in [-0.3, -0.25) is 10.1 Å². The van der Waals surface area contributed by atoms with Gasteiger partial charge in [0.2, 0.25) is 5.91 Å². The number of amides is 1. The van der Waals surface area contributed by atoms with Crippen molar-refractivity contribution >= 4 is 16.8 Å². The third-order valence-electron chi connectivity index (χ3n) is 5.76. The van der Waals surface area contributed by atoms with Crippen molar-refractivity contribution < 1.29 is 4.79 Å². The third kappa shape index (κ3) is 3.75. The number of nitrogens with one attached hydrogen (secondary N) is 2. The van der Waals surface area contributed by atoms with Gasteiger partial charge in [-0.1, -0.05) is 31.9 Å². The topological polar surface area (TPSA) is 46.1 Å². The van der Waals surface area contributed by atoms with E-state index in [-0.39, 0.29) is 24.5 Å². The van der Waals surface area contributed by atoms with Crippen molar-refractivity contribution in [2.45, 2.75) is 58.2 Å². The molecule has 2 aliphatic rings. The molecule has 2 unspecified atom stereocenters. The number of hydrogen-bond donors (Lipinski definition) is 2. The summed E-state index contributed by atoms with van der Waals surface area (Å²) in [5.74, 6) is 3.86. The molecule has 1 aromatic carbocycles. The van der Waals surface area contributed by atoms with Gasteiger partial charge >= 0.3 is 0 Å². The smallest absolute Gasteiger partial charge is 0.238 e. The Morgan fingerprint density at radius 2 is 2.22 bits per heavy atom. The number of carbonyl (C=O) groups is 1. The fraction of sp³-hybridized carbons (Fsp3) is 0.522. The largest absolute Gasteiger partial charge is 0.347 e. The summed E-state index contributed by atoms with van der Waals surface area (Å²) in [5, 5.41) is 7.85. The minimum atomic E-state index is -0.255. The first-order valence-corrected chi connectivity index (χ1v) is 10.1. The molecule has 1 amide bonds. The van der Waals surface area contributed by atoms with Crippen LogP contribution in [0.2, 0.25) is 0 Å². The number of carbonyl (C=O) groups excluding carboxylic acids is 1. The van der Waals surface area contributed by atoms with E-state index in [1.807, 2.05) is 0 Å². The van der Waals surface area contributed by atoms with Crippen molar-refractivity contribution in [1.82, 2.24) is 15.2 Å². The van der Waals surface area contributed by atoms with Crippen LogP contribution in [0.3, 0.4) is 0 Å². The van der Waals surface area contributed by atoms with E-state index in [1.165, 1.54) is 34.9 Å². The zero-order chi connectivity index (χ0) is 19.0. The molecule has 2 heterocycles. The van der Waals surface area contributed by atoms with Crippen molar-refractivity contribution in [2.75, 3.05) is 6.54 Å². The summed E-state index contributed by atoms with van der Waals surface area (Å²) < 4.78 is 2.42. The lowest BCUT2D eigenvalue weighted by Crippen LogP contribution is -2.46. The first kappa shape index (κ1) is 18.1. The SMILES string of the molecule is C#CCNC(=O)C1Cc2cn(CC3CC3)c3cccc(c23)C(CC(C)C)N1. The molecule has 142 valence electrons. The average Bonchev–Trinajstić information content (AvgIpc) is 3.41. The number of hydrogen-bond acceptors (Lipinski definition) is 2. The van der Waals surface area contributed by atoms with Gasteiger partial charge in [0.25, 0.3) is 0 Å². The summed E-state index contributed by atoms with van der Waals surface area (Å²) in [6.45, 7) is 5.84. The van der Waals surface area contributed by atoms with E-state index >= 15 is 0 Å². The molecule has 2 aromatic rings. The van der Waals surface area contributed by atoms with Crippen molar-refractivity contribution in [3.63, 3.8) is 0 Å². The highest BCUT2D eigenvalue weighted by Gasteiger charge is 2.31. The van der Waals surface area contributed by atoms with E-state index in [4.69, 9.17) is 6.42 Å².